The monoisotopic (exact) mass is 298 g/mol. The highest BCUT2D eigenvalue weighted by Gasteiger charge is 2.18. The molecule has 1 aromatic carbocycles. The van der Waals surface area contributed by atoms with Gasteiger partial charge in [0.1, 0.15) is 0 Å². The van der Waals surface area contributed by atoms with Gasteiger partial charge in [-0.2, -0.15) is 0 Å². The minimum absolute atomic E-state index is 0.156. The molecule has 0 aliphatic rings. The maximum absolute atomic E-state index is 12.0. The van der Waals surface area contributed by atoms with E-state index < -0.39 is 11.9 Å². The second-order valence-electron chi connectivity index (χ2n) is 4.85. The van der Waals surface area contributed by atoms with Crippen LogP contribution >= 0.6 is 11.6 Å². The van der Waals surface area contributed by atoms with E-state index in [1.54, 1.807) is 26.1 Å². The lowest BCUT2D eigenvalue weighted by Gasteiger charge is -2.23. The Morgan fingerprint density at radius 2 is 2.05 bits per heavy atom. The number of nitrogens with one attached hydrogen (secondary N) is 1. The Labute approximate surface area is 123 Å². The molecule has 0 spiro atoms. The van der Waals surface area contributed by atoms with Gasteiger partial charge >= 0.3 is 12.0 Å². The number of halogens is 1. The Morgan fingerprint density at radius 1 is 1.40 bits per heavy atom. The number of benzene rings is 1. The van der Waals surface area contributed by atoms with Crippen molar-refractivity contribution in [1.29, 1.82) is 0 Å². The Bertz CT molecular complexity index is 493. The van der Waals surface area contributed by atoms with E-state index in [-0.39, 0.29) is 18.6 Å². The van der Waals surface area contributed by atoms with E-state index in [2.05, 4.69) is 5.32 Å². The molecular formula is C14H19ClN2O3. The molecule has 0 aliphatic heterocycles. The number of carboxylic acid groups (broad SMARTS) is 1. The van der Waals surface area contributed by atoms with Crippen molar-refractivity contribution in [2.24, 2.45) is 5.92 Å². The lowest BCUT2D eigenvalue weighted by Crippen LogP contribution is -2.41. The first kappa shape index (κ1) is 16.3. The quantitative estimate of drug-likeness (QED) is 0.878. The number of amides is 2. The number of rotatable bonds is 5. The van der Waals surface area contributed by atoms with E-state index in [0.29, 0.717) is 5.02 Å². The predicted octanol–water partition coefficient (Wildman–Crippen LogP) is 2.76. The molecule has 6 heteroatoms. The van der Waals surface area contributed by atoms with E-state index >= 15 is 0 Å². The normalized spacial score (nSPS) is 13.4. The van der Waals surface area contributed by atoms with Crippen LogP contribution in [0.5, 0.6) is 0 Å². The SMILES string of the molecule is CC(CN(C)C(=O)NC(C)c1cccc(Cl)c1)C(=O)O. The van der Waals surface area contributed by atoms with Gasteiger partial charge in [-0.05, 0) is 24.6 Å². The van der Waals surface area contributed by atoms with Crippen molar-refractivity contribution in [1.82, 2.24) is 10.2 Å². The molecule has 2 N–H and O–H groups in total. The first-order valence-electron chi connectivity index (χ1n) is 6.31. The maximum Gasteiger partial charge on any atom is 0.317 e. The summed E-state index contributed by atoms with van der Waals surface area (Å²) in [6.45, 7) is 3.56. The summed E-state index contributed by atoms with van der Waals surface area (Å²) in [4.78, 5) is 24.1. The number of carbonyl (C=O) groups excluding carboxylic acids is 1. The van der Waals surface area contributed by atoms with Gasteiger partial charge in [-0.15, -0.1) is 0 Å². The van der Waals surface area contributed by atoms with Gasteiger partial charge in [0, 0.05) is 18.6 Å². The van der Waals surface area contributed by atoms with E-state index in [4.69, 9.17) is 16.7 Å². The summed E-state index contributed by atoms with van der Waals surface area (Å²) in [5.41, 5.74) is 0.894. The van der Waals surface area contributed by atoms with Crippen molar-refractivity contribution < 1.29 is 14.7 Å². The van der Waals surface area contributed by atoms with E-state index in [0.717, 1.165) is 5.56 Å². The maximum atomic E-state index is 12.0. The Hall–Kier alpha value is -1.75. The summed E-state index contributed by atoms with van der Waals surface area (Å²) < 4.78 is 0. The molecule has 2 unspecified atom stereocenters. The molecule has 5 nitrogen and oxygen atoms in total. The molecule has 0 aromatic heterocycles. The predicted molar refractivity (Wildman–Crippen MR) is 77.8 cm³/mol. The molecule has 0 heterocycles. The molecule has 1 aromatic rings. The summed E-state index contributed by atoms with van der Waals surface area (Å²) in [5, 5.41) is 12.2. The van der Waals surface area contributed by atoms with E-state index in [1.165, 1.54) is 4.90 Å². The number of aliphatic carboxylic acids is 1. The first-order valence-corrected chi connectivity index (χ1v) is 6.69. The van der Waals surface area contributed by atoms with Gasteiger partial charge in [0.05, 0.1) is 12.0 Å². The third-order valence-electron chi connectivity index (χ3n) is 3.00. The van der Waals surface area contributed by atoms with Gasteiger partial charge in [0.2, 0.25) is 0 Å². The molecule has 1 rings (SSSR count). The molecule has 2 amide bonds. The minimum Gasteiger partial charge on any atom is -0.481 e. The number of hydrogen-bond donors (Lipinski definition) is 2. The lowest BCUT2D eigenvalue weighted by atomic mass is 10.1. The fraction of sp³-hybridized carbons (Fsp3) is 0.429. The Kier molecular flexibility index (Phi) is 5.82. The largest absolute Gasteiger partial charge is 0.481 e. The molecule has 0 saturated heterocycles. The zero-order chi connectivity index (χ0) is 15.3. The van der Waals surface area contributed by atoms with Gasteiger partial charge in [-0.1, -0.05) is 30.7 Å². The van der Waals surface area contributed by atoms with E-state index in [9.17, 15) is 9.59 Å². The number of nitrogens with zero attached hydrogens (tertiary/aromatic N) is 1. The Morgan fingerprint density at radius 3 is 2.60 bits per heavy atom. The van der Waals surface area contributed by atoms with Crippen LogP contribution in [-0.4, -0.2) is 35.6 Å². The van der Waals surface area contributed by atoms with Gasteiger partial charge in [0.25, 0.3) is 0 Å². The van der Waals surface area contributed by atoms with Gasteiger partial charge in [0.15, 0.2) is 0 Å². The van der Waals surface area contributed by atoms with Crippen molar-refractivity contribution in [2.45, 2.75) is 19.9 Å². The second kappa shape index (κ2) is 7.14. The summed E-state index contributed by atoms with van der Waals surface area (Å²) in [6.07, 6.45) is 0. The van der Waals surface area contributed by atoms with Crippen LogP contribution in [0.25, 0.3) is 0 Å². The van der Waals surface area contributed by atoms with Crippen LogP contribution in [-0.2, 0) is 4.79 Å². The average molecular weight is 299 g/mol. The van der Waals surface area contributed by atoms with Crippen LogP contribution < -0.4 is 5.32 Å². The van der Waals surface area contributed by atoms with Crippen LogP contribution in [0, 0.1) is 5.92 Å². The number of urea groups is 1. The topological polar surface area (TPSA) is 69.6 Å². The van der Waals surface area contributed by atoms with Crippen molar-refractivity contribution in [3.8, 4) is 0 Å². The average Bonchev–Trinajstić information content (AvgIpc) is 2.38. The number of carboxylic acids is 1. The fourth-order valence-electron chi connectivity index (χ4n) is 1.73. The standard InChI is InChI=1S/C14H19ClN2O3/c1-9(13(18)19)8-17(3)14(20)16-10(2)11-5-4-6-12(15)7-11/h4-7,9-10H,8H2,1-3H3,(H,16,20)(H,18,19). The van der Waals surface area contributed by atoms with E-state index in [1.807, 2.05) is 19.1 Å². The number of carbonyl (C=O) groups is 2. The van der Waals surface area contributed by atoms with Crippen molar-refractivity contribution in [2.75, 3.05) is 13.6 Å². The molecule has 0 fully saturated rings. The lowest BCUT2D eigenvalue weighted by molar-refractivity contribution is -0.141. The van der Waals surface area contributed by atoms with Gasteiger partial charge < -0.3 is 15.3 Å². The van der Waals surface area contributed by atoms with Crippen LogP contribution in [0.4, 0.5) is 4.79 Å². The molecule has 110 valence electrons. The molecule has 20 heavy (non-hydrogen) atoms. The summed E-state index contributed by atoms with van der Waals surface area (Å²) in [7, 11) is 1.57. The highest BCUT2D eigenvalue weighted by atomic mass is 35.5. The summed E-state index contributed by atoms with van der Waals surface area (Å²) in [5.74, 6) is -1.53. The smallest absolute Gasteiger partial charge is 0.317 e. The van der Waals surface area contributed by atoms with Crippen LogP contribution in [0.15, 0.2) is 24.3 Å². The fourth-order valence-corrected chi connectivity index (χ4v) is 1.93. The van der Waals surface area contributed by atoms with Crippen molar-refractivity contribution >= 4 is 23.6 Å². The minimum atomic E-state index is -0.924. The first-order chi connectivity index (χ1) is 9.31. The zero-order valence-corrected chi connectivity index (χ0v) is 12.5. The molecule has 2 atom stereocenters. The highest BCUT2D eigenvalue weighted by molar-refractivity contribution is 6.30. The summed E-state index contributed by atoms with van der Waals surface area (Å²) in [6, 6.07) is 6.72. The third-order valence-corrected chi connectivity index (χ3v) is 3.24. The van der Waals surface area contributed by atoms with Crippen molar-refractivity contribution in [3.05, 3.63) is 34.9 Å². The zero-order valence-electron chi connectivity index (χ0n) is 11.8. The molecular weight excluding hydrogens is 280 g/mol. The molecule has 0 aliphatic carbocycles. The van der Waals surface area contributed by atoms with Gasteiger partial charge in [-0.3, -0.25) is 4.79 Å². The van der Waals surface area contributed by atoms with Crippen LogP contribution in [0.3, 0.4) is 0 Å². The van der Waals surface area contributed by atoms with Crippen LogP contribution in [0.1, 0.15) is 25.5 Å². The molecule has 0 bridgehead atoms. The van der Waals surface area contributed by atoms with Gasteiger partial charge in [-0.25, -0.2) is 4.79 Å². The van der Waals surface area contributed by atoms with Crippen molar-refractivity contribution in [3.63, 3.8) is 0 Å². The Balaban J connectivity index is 2.59. The second-order valence-corrected chi connectivity index (χ2v) is 5.28. The van der Waals surface area contributed by atoms with Crippen LogP contribution in [0.2, 0.25) is 5.02 Å². The molecule has 0 saturated carbocycles. The third kappa shape index (κ3) is 4.74. The number of hydrogen-bond acceptors (Lipinski definition) is 2. The summed E-state index contributed by atoms with van der Waals surface area (Å²) >= 11 is 5.90. The highest BCUT2D eigenvalue weighted by Crippen LogP contribution is 2.17. The molecule has 0 radical (unpaired) electrons.